The number of benzene rings is 2. The molecule has 0 aliphatic heterocycles. The van der Waals surface area contributed by atoms with Crippen LogP contribution in [0, 0.1) is 0 Å². The summed E-state index contributed by atoms with van der Waals surface area (Å²) in [6.45, 7) is 2.98. The van der Waals surface area contributed by atoms with Crippen molar-refractivity contribution in [2.45, 2.75) is 20.0 Å². The maximum absolute atomic E-state index is 12.4. The first-order valence-electron chi connectivity index (χ1n) is 8.57. The van der Waals surface area contributed by atoms with E-state index < -0.39 is 12.1 Å². The number of ketones is 2. The van der Waals surface area contributed by atoms with E-state index in [4.69, 9.17) is 20.8 Å². The van der Waals surface area contributed by atoms with Gasteiger partial charge in [-0.1, -0.05) is 48.0 Å². The van der Waals surface area contributed by atoms with Gasteiger partial charge in [0.05, 0.1) is 0 Å². The third-order valence-corrected chi connectivity index (χ3v) is 4.38. The van der Waals surface area contributed by atoms with Crippen LogP contribution in [-0.2, 0) is 4.74 Å². The minimum absolute atomic E-state index is 0.0172. The standard InChI is InChI=1S/C22H17ClO5/c1-13(24)15-6-8-16(9-7-15)19-10-11-20(28-19)22(26)27-14(2)21(25)17-4-3-5-18(23)12-17/h3-12,14H,1-2H3/t14-/m0/s1. The molecular weight excluding hydrogens is 380 g/mol. The van der Waals surface area contributed by atoms with Crippen LogP contribution in [0.4, 0.5) is 0 Å². The zero-order valence-corrected chi connectivity index (χ0v) is 16.0. The molecule has 6 heteroatoms. The van der Waals surface area contributed by atoms with Crippen molar-refractivity contribution >= 4 is 29.1 Å². The lowest BCUT2D eigenvalue weighted by Crippen LogP contribution is -2.24. The van der Waals surface area contributed by atoms with Gasteiger partial charge in [0.1, 0.15) is 5.76 Å². The number of Topliss-reactive ketones (excluding diaryl/α,β-unsaturated/α-hetero) is 2. The first-order valence-corrected chi connectivity index (χ1v) is 8.95. The predicted octanol–water partition coefficient (Wildman–Crippen LogP) is 5.23. The number of esters is 1. The van der Waals surface area contributed by atoms with Crippen LogP contribution < -0.4 is 0 Å². The number of ether oxygens (including phenoxy) is 1. The van der Waals surface area contributed by atoms with Gasteiger partial charge in [0.15, 0.2) is 11.9 Å². The SMILES string of the molecule is CC(=O)c1ccc(-c2ccc(C(=O)O[C@@H](C)C(=O)c3cccc(Cl)c3)o2)cc1. The summed E-state index contributed by atoms with van der Waals surface area (Å²) in [5, 5.41) is 0.427. The second-order valence-corrected chi connectivity index (χ2v) is 6.66. The Bertz CT molecular complexity index is 1030. The number of hydrogen-bond acceptors (Lipinski definition) is 5. The van der Waals surface area contributed by atoms with Crippen LogP contribution in [-0.4, -0.2) is 23.6 Å². The van der Waals surface area contributed by atoms with E-state index in [9.17, 15) is 14.4 Å². The molecule has 0 aliphatic carbocycles. The zero-order chi connectivity index (χ0) is 20.3. The molecule has 0 fully saturated rings. The van der Waals surface area contributed by atoms with E-state index in [0.29, 0.717) is 27.5 Å². The molecule has 28 heavy (non-hydrogen) atoms. The lowest BCUT2D eigenvalue weighted by molar-refractivity contribution is 0.0290. The Morgan fingerprint density at radius 2 is 1.68 bits per heavy atom. The first-order chi connectivity index (χ1) is 13.3. The van der Waals surface area contributed by atoms with Crippen LogP contribution in [0.5, 0.6) is 0 Å². The lowest BCUT2D eigenvalue weighted by atomic mass is 10.1. The summed E-state index contributed by atoms with van der Waals surface area (Å²) in [7, 11) is 0. The van der Waals surface area contributed by atoms with Crippen LogP contribution in [0.2, 0.25) is 5.02 Å². The summed E-state index contributed by atoms with van der Waals surface area (Å²) in [5.74, 6) is -0.696. The van der Waals surface area contributed by atoms with Gasteiger partial charge in [0.2, 0.25) is 11.5 Å². The molecule has 2 aromatic carbocycles. The minimum atomic E-state index is -0.991. The molecule has 1 atom stereocenters. The highest BCUT2D eigenvalue weighted by atomic mass is 35.5. The molecule has 3 rings (SSSR count). The minimum Gasteiger partial charge on any atom is -0.449 e. The maximum Gasteiger partial charge on any atom is 0.374 e. The summed E-state index contributed by atoms with van der Waals surface area (Å²) in [5.41, 5.74) is 1.66. The van der Waals surface area contributed by atoms with Gasteiger partial charge in [-0.15, -0.1) is 0 Å². The fourth-order valence-electron chi connectivity index (χ4n) is 2.62. The van der Waals surface area contributed by atoms with Crippen LogP contribution in [0.25, 0.3) is 11.3 Å². The van der Waals surface area contributed by atoms with E-state index in [0.717, 1.165) is 0 Å². The Balaban J connectivity index is 1.70. The van der Waals surface area contributed by atoms with Crippen molar-refractivity contribution in [2.75, 3.05) is 0 Å². The number of carbonyl (C=O) groups excluding carboxylic acids is 3. The molecule has 0 saturated heterocycles. The molecule has 5 nitrogen and oxygen atoms in total. The van der Waals surface area contributed by atoms with Gasteiger partial charge in [-0.3, -0.25) is 9.59 Å². The van der Waals surface area contributed by atoms with E-state index in [-0.39, 0.29) is 17.3 Å². The molecule has 0 bridgehead atoms. The fraction of sp³-hybridized carbons (Fsp3) is 0.136. The highest BCUT2D eigenvalue weighted by Gasteiger charge is 2.22. The highest BCUT2D eigenvalue weighted by molar-refractivity contribution is 6.31. The Hall–Kier alpha value is -3.18. The van der Waals surface area contributed by atoms with Crippen molar-refractivity contribution < 1.29 is 23.5 Å². The Kier molecular flexibility index (Phi) is 5.76. The molecule has 1 heterocycles. The quantitative estimate of drug-likeness (QED) is 0.421. The second-order valence-electron chi connectivity index (χ2n) is 6.22. The predicted molar refractivity (Wildman–Crippen MR) is 105 cm³/mol. The van der Waals surface area contributed by atoms with Gasteiger partial charge in [0.25, 0.3) is 0 Å². The molecule has 1 aromatic heterocycles. The van der Waals surface area contributed by atoms with E-state index in [1.165, 1.54) is 26.0 Å². The average molecular weight is 397 g/mol. The van der Waals surface area contributed by atoms with Crippen molar-refractivity contribution in [3.63, 3.8) is 0 Å². The number of furan rings is 1. The summed E-state index contributed by atoms with van der Waals surface area (Å²) in [4.78, 5) is 36.0. The van der Waals surface area contributed by atoms with Gasteiger partial charge in [-0.05, 0) is 38.1 Å². The zero-order valence-electron chi connectivity index (χ0n) is 15.3. The Morgan fingerprint density at radius 1 is 0.964 bits per heavy atom. The summed E-state index contributed by atoms with van der Waals surface area (Å²) in [6, 6.07) is 16.4. The number of hydrogen-bond donors (Lipinski definition) is 0. The molecule has 142 valence electrons. The molecule has 3 aromatic rings. The summed E-state index contributed by atoms with van der Waals surface area (Å²) in [6.07, 6.45) is -0.991. The first kappa shape index (κ1) is 19.6. The van der Waals surface area contributed by atoms with E-state index in [2.05, 4.69) is 0 Å². The topological polar surface area (TPSA) is 73.6 Å². The van der Waals surface area contributed by atoms with Crippen LogP contribution in [0.1, 0.15) is 45.1 Å². The summed E-state index contributed by atoms with van der Waals surface area (Å²) >= 11 is 5.89. The van der Waals surface area contributed by atoms with E-state index >= 15 is 0 Å². The molecule has 0 amide bonds. The molecule has 0 N–H and O–H groups in total. The number of halogens is 1. The number of rotatable bonds is 6. The molecule has 0 radical (unpaired) electrons. The highest BCUT2D eigenvalue weighted by Crippen LogP contribution is 2.24. The third-order valence-electron chi connectivity index (χ3n) is 4.15. The van der Waals surface area contributed by atoms with Crippen molar-refractivity contribution in [2.24, 2.45) is 0 Å². The maximum atomic E-state index is 12.4. The lowest BCUT2D eigenvalue weighted by Gasteiger charge is -2.11. The largest absolute Gasteiger partial charge is 0.449 e. The molecular formula is C22H17ClO5. The van der Waals surface area contributed by atoms with Crippen molar-refractivity contribution in [1.82, 2.24) is 0 Å². The van der Waals surface area contributed by atoms with Gasteiger partial charge >= 0.3 is 5.97 Å². The van der Waals surface area contributed by atoms with Crippen LogP contribution in [0.3, 0.4) is 0 Å². The third kappa shape index (κ3) is 4.38. The van der Waals surface area contributed by atoms with Crippen molar-refractivity contribution in [1.29, 1.82) is 0 Å². The Morgan fingerprint density at radius 3 is 2.32 bits per heavy atom. The van der Waals surface area contributed by atoms with Crippen LogP contribution in [0.15, 0.2) is 65.1 Å². The van der Waals surface area contributed by atoms with E-state index in [1.807, 2.05) is 0 Å². The van der Waals surface area contributed by atoms with Gasteiger partial charge < -0.3 is 9.15 Å². The van der Waals surface area contributed by atoms with E-state index in [1.54, 1.807) is 48.5 Å². The normalized spacial score (nSPS) is 11.7. The van der Waals surface area contributed by atoms with Gasteiger partial charge in [0, 0.05) is 21.7 Å². The monoisotopic (exact) mass is 396 g/mol. The summed E-state index contributed by atoms with van der Waals surface area (Å²) < 4.78 is 10.8. The van der Waals surface area contributed by atoms with Gasteiger partial charge in [-0.2, -0.15) is 0 Å². The van der Waals surface area contributed by atoms with Gasteiger partial charge in [-0.25, -0.2) is 4.79 Å². The molecule has 0 aliphatic rings. The molecule has 0 unspecified atom stereocenters. The smallest absolute Gasteiger partial charge is 0.374 e. The number of carbonyl (C=O) groups is 3. The molecule has 0 spiro atoms. The van der Waals surface area contributed by atoms with Crippen molar-refractivity contribution in [3.05, 3.63) is 82.6 Å². The average Bonchev–Trinajstić information content (AvgIpc) is 3.17. The second kappa shape index (κ2) is 8.23. The Labute approximate surface area is 166 Å². The van der Waals surface area contributed by atoms with Crippen molar-refractivity contribution in [3.8, 4) is 11.3 Å². The van der Waals surface area contributed by atoms with Crippen LogP contribution >= 0.6 is 11.6 Å². The fourth-order valence-corrected chi connectivity index (χ4v) is 2.81. The molecule has 0 saturated carbocycles.